The van der Waals surface area contributed by atoms with Gasteiger partial charge in [-0.25, -0.2) is 0 Å². The maximum atomic E-state index is 15.2. The minimum Gasteiger partial charge on any atom is -0.508 e. The van der Waals surface area contributed by atoms with Gasteiger partial charge in [0.2, 0.25) is 65.0 Å². The first kappa shape index (κ1) is 84.9. The largest absolute Gasteiger partial charge is 0.508 e. The van der Waals surface area contributed by atoms with Gasteiger partial charge >= 0.3 is 0 Å². The highest BCUT2D eigenvalue weighted by molar-refractivity contribution is 6.30. The number of carbonyl (C=O) groups excluding carboxylic acids is 11. The standard InChI is InChI=1S/C77H103ClN18O13/c1-6-82-77(83-7-2)85-33-13-12-20-57(67(101)91-59(36-45(3)4)68(102)90-58(21-14-34-84-76(80)81)75(109)96-35-15-22-65(96)74(108)87-43-66(79)100)89-70(104)61(39-48-26-31-54(99)32-27-48)93-73(107)64(44-97)95-72(106)63(41-52-42-86-56-19-11-10-18-55(52)56)94-71(105)62(38-47-24-29-53(78)30-25-47)92-69(103)60(88-46(5)98)40-49-23-28-50-16-8-9-17-51(50)37-49/h8-11,16-19,23-32,37,42,45,57-65,86,97,99H,6-7,12-15,20-22,33-36,38-41,43-44H2,1-5H3,(H2,79,100)(H,87,108)(H,88,98)(H,89,104)(H,90,102)(H,91,101)(H,92,103)(H,93,107)(H,94,105)(H,95,106)(H4,80,81,84)(H2,82,83,85)/t57-,58+,59+,60-,61+,62-,63-,64+,65+/m1/s1. The first-order valence-corrected chi connectivity index (χ1v) is 37.1. The van der Waals surface area contributed by atoms with Crippen LogP contribution in [0.5, 0.6) is 5.75 Å². The lowest BCUT2D eigenvalue weighted by atomic mass is 9.99. The highest BCUT2D eigenvalue weighted by Crippen LogP contribution is 2.24. The van der Waals surface area contributed by atoms with Crippen molar-refractivity contribution in [1.82, 2.24) is 68.4 Å². The maximum Gasteiger partial charge on any atom is 0.245 e. The molecule has 1 aliphatic heterocycles. The number of nitrogens with one attached hydrogen (secondary N) is 12. The van der Waals surface area contributed by atoms with Crippen molar-refractivity contribution < 1.29 is 63.0 Å². The highest BCUT2D eigenvalue weighted by atomic mass is 35.5. The molecule has 0 spiro atoms. The van der Waals surface area contributed by atoms with E-state index in [-0.39, 0.29) is 101 Å². The Bertz CT molecular complexity index is 4160. The molecule has 32 heteroatoms. The number of para-hydroxylation sites is 1. The van der Waals surface area contributed by atoms with Crippen LogP contribution in [0.3, 0.4) is 0 Å². The van der Waals surface area contributed by atoms with Crippen LogP contribution in [0, 0.1) is 5.92 Å². The summed E-state index contributed by atoms with van der Waals surface area (Å²) < 4.78 is 0. The van der Waals surface area contributed by atoms with Gasteiger partial charge in [0.05, 0.1) is 13.2 Å². The van der Waals surface area contributed by atoms with Crippen molar-refractivity contribution in [3.8, 4) is 5.75 Å². The Balaban J connectivity index is 1.17. The number of aromatic hydroxyl groups is 1. The molecule has 20 N–H and O–H groups in total. The molecule has 11 amide bonds. The van der Waals surface area contributed by atoms with Crippen LogP contribution in [-0.2, 0) is 78.4 Å². The third kappa shape index (κ3) is 27.1. The number of carbonyl (C=O) groups is 11. The van der Waals surface area contributed by atoms with Gasteiger partial charge in [0.15, 0.2) is 11.9 Å². The Morgan fingerprint density at radius 3 is 1.67 bits per heavy atom. The summed E-state index contributed by atoms with van der Waals surface area (Å²) >= 11 is 6.28. The quantitative estimate of drug-likeness (QED) is 0.0146. The SMILES string of the molecule is CCNC(=NCCCC[C@@H](NC(=O)[C@H](Cc1ccc(O)cc1)NC(=O)[C@H](CO)NC(=O)[C@@H](Cc1c[nH]c2ccccc12)NC(=O)[C@@H](Cc1ccc(Cl)cc1)NC(=O)[C@@H](Cc1ccc2ccccc2c1)NC(C)=O)C(=O)N[C@@H](CC(C)C)C(=O)N[C@@H](CCCN=C(N)N)C(=O)N1CCC[C@H]1C(=O)NCC(N)=O)NCC. The number of unbranched alkanes of at least 4 members (excludes halogenated alkanes) is 1. The van der Waals surface area contributed by atoms with E-state index in [0.29, 0.717) is 70.1 Å². The molecule has 586 valence electrons. The number of hydrogen-bond acceptors (Lipinski definition) is 15. The number of H-pyrrole nitrogens is 1. The summed E-state index contributed by atoms with van der Waals surface area (Å²) in [4.78, 5) is 170. The number of halogens is 1. The summed E-state index contributed by atoms with van der Waals surface area (Å²) in [5.41, 5.74) is 19.4. The number of primary amides is 1. The Hall–Kier alpha value is -11.3. The van der Waals surface area contributed by atoms with Gasteiger partial charge in [-0.15, -0.1) is 0 Å². The first-order chi connectivity index (χ1) is 52.2. The second-order valence-corrected chi connectivity index (χ2v) is 27.7. The number of aromatic nitrogens is 1. The molecule has 2 heterocycles. The fourth-order valence-corrected chi connectivity index (χ4v) is 12.8. The number of phenols is 1. The summed E-state index contributed by atoms with van der Waals surface area (Å²) in [7, 11) is 0. The van der Waals surface area contributed by atoms with E-state index in [9.17, 15) is 43.8 Å². The number of aliphatic hydroxyl groups is 1. The molecule has 0 bridgehead atoms. The van der Waals surface area contributed by atoms with Gasteiger partial charge in [0.1, 0.15) is 60.1 Å². The molecule has 0 aliphatic carbocycles. The minimum absolute atomic E-state index is 0.0113. The monoisotopic (exact) mass is 1520 g/mol. The number of phenolic OH excluding ortho intramolecular Hbond substituents is 1. The van der Waals surface area contributed by atoms with Crippen LogP contribution >= 0.6 is 11.6 Å². The third-order valence-electron chi connectivity index (χ3n) is 18.2. The van der Waals surface area contributed by atoms with E-state index in [1.165, 1.54) is 36.1 Å². The van der Waals surface area contributed by atoms with Gasteiger partial charge in [-0.05, 0) is 134 Å². The molecule has 0 radical (unpaired) electrons. The average Bonchev–Trinajstić information content (AvgIpc) is 1.69. The fraction of sp³-hybridized carbons (Fsp3) is 0.442. The molecule has 0 saturated carbocycles. The Morgan fingerprint density at radius 1 is 0.560 bits per heavy atom. The number of guanidine groups is 2. The lowest BCUT2D eigenvalue weighted by molar-refractivity contribution is -0.142. The summed E-state index contributed by atoms with van der Waals surface area (Å²) in [6.07, 6.45) is 2.54. The van der Waals surface area contributed by atoms with Gasteiger partial charge < -0.3 is 95.8 Å². The van der Waals surface area contributed by atoms with Crippen LogP contribution in [0.4, 0.5) is 0 Å². The van der Waals surface area contributed by atoms with Crippen molar-refractivity contribution in [1.29, 1.82) is 0 Å². The van der Waals surface area contributed by atoms with Crippen LogP contribution in [0.1, 0.15) is 108 Å². The fourth-order valence-electron chi connectivity index (χ4n) is 12.7. The van der Waals surface area contributed by atoms with E-state index in [4.69, 9.17) is 28.8 Å². The molecule has 5 aromatic carbocycles. The predicted octanol–water partition coefficient (Wildman–Crippen LogP) is 1.28. The molecular formula is C77H103ClN18O13. The number of likely N-dealkylation sites (tertiary alicyclic amines) is 1. The normalized spacial score (nSPS) is 14.7. The van der Waals surface area contributed by atoms with Crippen molar-refractivity contribution in [3.05, 3.63) is 149 Å². The summed E-state index contributed by atoms with van der Waals surface area (Å²) in [6.45, 7) is 8.84. The third-order valence-corrected chi connectivity index (χ3v) is 18.4. The van der Waals surface area contributed by atoms with Crippen LogP contribution < -0.4 is 75.7 Å². The molecule has 9 atom stereocenters. The lowest BCUT2D eigenvalue weighted by Gasteiger charge is -2.30. The van der Waals surface area contributed by atoms with Gasteiger partial charge in [-0.3, -0.25) is 62.7 Å². The predicted molar refractivity (Wildman–Crippen MR) is 415 cm³/mol. The number of amides is 11. The van der Waals surface area contributed by atoms with Crippen LogP contribution in [0.25, 0.3) is 21.7 Å². The van der Waals surface area contributed by atoms with E-state index in [0.717, 1.165) is 10.8 Å². The molecule has 1 aromatic heterocycles. The van der Waals surface area contributed by atoms with Crippen molar-refractivity contribution in [2.75, 3.05) is 45.9 Å². The van der Waals surface area contributed by atoms with Crippen LogP contribution in [-0.4, -0.2) is 197 Å². The molecular weight excluding hydrogens is 1420 g/mol. The average molecular weight is 1520 g/mol. The molecule has 7 rings (SSSR count). The molecule has 31 nitrogen and oxygen atoms in total. The number of aliphatic hydroxyl groups excluding tert-OH is 1. The Morgan fingerprint density at radius 2 is 1.06 bits per heavy atom. The van der Waals surface area contributed by atoms with Crippen molar-refractivity contribution >= 4 is 110 Å². The van der Waals surface area contributed by atoms with Crippen LogP contribution in [0.15, 0.2) is 131 Å². The molecule has 1 fully saturated rings. The van der Waals surface area contributed by atoms with E-state index in [2.05, 4.69) is 73.5 Å². The van der Waals surface area contributed by atoms with E-state index < -0.39 is 133 Å². The number of rotatable bonds is 41. The Labute approximate surface area is 638 Å². The van der Waals surface area contributed by atoms with Crippen molar-refractivity contribution in [2.45, 2.75) is 166 Å². The number of fused-ring (bicyclic) bond motifs is 2. The summed E-state index contributed by atoms with van der Waals surface area (Å²) in [5, 5.41) is 55.1. The molecule has 1 saturated heterocycles. The highest BCUT2D eigenvalue weighted by Gasteiger charge is 2.40. The number of nitrogens with two attached hydrogens (primary N) is 3. The second-order valence-electron chi connectivity index (χ2n) is 27.3. The zero-order chi connectivity index (χ0) is 79.1. The van der Waals surface area contributed by atoms with Crippen molar-refractivity contribution in [3.63, 3.8) is 0 Å². The molecule has 0 unspecified atom stereocenters. The minimum atomic E-state index is -1.83. The van der Waals surface area contributed by atoms with E-state index in [1.54, 1.807) is 62.5 Å². The zero-order valence-corrected chi connectivity index (χ0v) is 62.8. The number of hydrogen-bond donors (Lipinski definition) is 17. The summed E-state index contributed by atoms with van der Waals surface area (Å²) in [6, 6.07) is 20.1. The number of nitrogens with zero attached hydrogens (tertiary/aromatic N) is 3. The van der Waals surface area contributed by atoms with Gasteiger partial charge in [-0.2, -0.15) is 0 Å². The maximum absolute atomic E-state index is 15.2. The lowest BCUT2D eigenvalue weighted by Crippen LogP contribution is -2.61. The second kappa shape index (κ2) is 42.9. The van der Waals surface area contributed by atoms with Gasteiger partial charge in [-0.1, -0.05) is 110 Å². The van der Waals surface area contributed by atoms with Crippen molar-refractivity contribution in [2.24, 2.45) is 33.1 Å². The smallest absolute Gasteiger partial charge is 0.245 e. The molecule has 109 heavy (non-hydrogen) atoms. The first-order valence-electron chi connectivity index (χ1n) is 36.7. The zero-order valence-electron chi connectivity index (χ0n) is 62.1. The van der Waals surface area contributed by atoms with Gasteiger partial charge in [0.25, 0.3) is 0 Å². The number of aliphatic imine (C=N–C) groups is 2. The summed E-state index contributed by atoms with van der Waals surface area (Å²) in [5.74, 6) is -8.75. The van der Waals surface area contributed by atoms with E-state index >= 15 is 19.2 Å². The number of benzene rings is 5. The van der Waals surface area contributed by atoms with Gasteiger partial charge in [0, 0.05) is 87.5 Å². The molecule has 1 aliphatic rings. The van der Waals surface area contributed by atoms with E-state index in [1.807, 2.05) is 62.4 Å². The molecule has 6 aromatic rings. The topological polar surface area (TPSA) is 482 Å². The number of aromatic amines is 1. The Kier molecular flexibility index (Phi) is 33.4. The van der Waals surface area contributed by atoms with Crippen LogP contribution in [0.2, 0.25) is 5.02 Å².